The van der Waals surface area contributed by atoms with Crippen LogP contribution in [0.1, 0.15) is 25.3 Å². The van der Waals surface area contributed by atoms with Gasteiger partial charge in [-0.3, -0.25) is 10.0 Å². The van der Waals surface area contributed by atoms with E-state index in [2.05, 4.69) is 12.2 Å². The first-order chi connectivity index (χ1) is 11.0. The van der Waals surface area contributed by atoms with Crippen molar-refractivity contribution >= 4 is 18.0 Å². The first kappa shape index (κ1) is 18.5. The van der Waals surface area contributed by atoms with Gasteiger partial charge in [0.15, 0.2) is 0 Å². The van der Waals surface area contributed by atoms with E-state index in [1.165, 1.54) is 6.08 Å². The Morgan fingerprint density at radius 1 is 1.43 bits per heavy atom. The van der Waals surface area contributed by atoms with Crippen molar-refractivity contribution in [1.29, 1.82) is 0 Å². The summed E-state index contributed by atoms with van der Waals surface area (Å²) in [6.45, 7) is 2.79. The second kappa shape index (κ2) is 10.2. The first-order valence-corrected chi connectivity index (χ1v) is 7.47. The molecule has 126 valence electrons. The van der Waals surface area contributed by atoms with Gasteiger partial charge in [0.1, 0.15) is 5.75 Å². The molecule has 4 N–H and O–H groups in total. The number of rotatable bonds is 9. The monoisotopic (exact) mass is 321 g/mol. The molecule has 7 nitrogen and oxygen atoms in total. The van der Waals surface area contributed by atoms with Crippen LogP contribution >= 0.6 is 0 Å². The third-order valence-corrected chi connectivity index (χ3v) is 2.93. The summed E-state index contributed by atoms with van der Waals surface area (Å²) in [5.74, 6) is 0.429. The fourth-order valence-electron chi connectivity index (χ4n) is 1.67. The number of nitrogens with one attached hydrogen (secondary N) is 1. The molecule has 0 bridgehead atoms. The minimum atomic E-state index is -0.963. The first-order valence-electron chi connectivity index (χ1n) is 7.47. The van der Waals surface area contributed by atoms with Crippen molar-refractivity contribution in [2.75, 3.05) is 19.7 Å². The minimum Gasteiger partial charge on any atom is -0.494 e. The molecule has 0 aliphatic rings. The van der Waals surface area contributed by atoms with Crippen LogP contribution < -0.4 is 15.8 Å². The summed E-state index contributed by atoms with van der Waals surface area (Å²) in [6, 6.07) is 6.47. The third-order valence-electron chi connectivity index (χ3n) is 2.93. The van der Waals surface area contributed by atoms with Crippen LogP contribution in [0.15, 0.2) is 30.3 Å². The summed E-state index contributed by atoms with van der Waals surface area (Å²) in [6.07, 6.45) is 5.10. The number of nitrogens with two attached hydrogens (primary N) is 1. The molecule has 0 aliphatic carbocycles. The topological polar surface area (TPSA) is 105 Å². The zero-order chi connectivity index (χ0) is 17.1. The highest BCUT2D eigenvalue weighted by molar-refractivity contribution is 5.91. The normalized spacial score (nSPS) is 10.5. The Kier molecular flexibility index (Phi) is 8.23. The van der Waals surface area contributed by atoms with Gasteiger partial charge < -0.3 is 15.8 Å². The van der Waals surface area contributed by atoms with Gasteiger partial charge in [0.05, 0.1) is 13.2 Å². The smallest absolute Gasteiger partial charge is 0.338 e. The van der Waals surface area contributed by atoms with Crippen molar-refractivity contribution < 1.29 is 19.5 Å². The molecule has 1 aromatic rings. The molecule has 0 fully saturated rings. The molecule has 0 heterocycles. The Morgan fingerprint density at radius 2 is 2.22 bits per heavy atom. The summed E-state index contributed by atoms with van der Waals surface area (Å²) in [4.78, 5) is 22.2. The zero-order valence-corrected chi connectivity index (χ0v) is 13.2. The van der Waals surface area contributed by atoms with E-state index in [-0.39, 0.29) is 19.0 Å². The number of hydrogen-bond acceptors (Lipinski definition) is 4. The molecule has 0 spiro atoms. The van der Waals surface area contributed by atoms with Gasteiger partial charge in [-0.1, -0.05) is 25.5 Å². The average Bonchev–Trinajstić information content (AvgIpc) is 2.53. The van der Waals surface area contributed by atoms with E-state index >= 15 is 0 Å². The van der Waals surface area contributed by atoms with Crippen molar-refractivity contribution in [2.24, 2.45) is 5.73 Å². The number of hydrogen-bond donors (Lipinski definition) is 3. The van der Waals surface area contributed by atoms with E-state index in [0.29, 0.717) is 11.7 Å². The molecule has 0 atom stereocenters. The Labute approximate surface area is 135 Å². The number of primary amides is 1. The van der Waals surface area contributed by atoms with E-state index in [4.69, 9.17) is 15.7 Å². The van der Waals surface area contributed by atoms with Crippen LogP contribution in [0.2, 0.25) is 0 Å². The second-order valence-electron chi connectivity index (χ2n) is 4.86. The lowest BCUT2D eigenvalue weighted by atomic mass is 10.2. The molecule has 0 aromatic heterocycles. The minimum absolute atomic E-state index is 0.0737. The summed E-state index contributed by atoms with van der Waals surface area (Å²) < 4.78 is 5.60. The third kappa shape index (κ3) is 7.87. The number of amides is 3. The molecular weight excluding hydrogens is 298 g/mol. The van der Waals surface area contributed by atoms with E-state index in [1.54, 1.807) is 6.08 Å². The number of carbonyl (C=O) groups is 2. The van der Waals surface area contributed by atoms with E-state index in [1.807, 2.05) is 24.3 Å². The van der Waals surface area contributed by atoms with Gasteiger partial charge in [-0.25, -0.2) is 9.86 Å². The van der Waals surface area contributed by atoms with Gasteiger partial charge in [-0.2, -0.15) is 0 Å². The van der Waals surface area contributed by atoms with E-state index in [0.717, 1.165) is 24.2 Å². The zero-order valence-electron chi connectivity index (χ0n) is 13.2. The number of ether oxygens (including phenoxy) is 1. The lowest BCUT2D eigenvalue weighted by Crippen LogP contribution is -2.38. The van der Waals surface area contributed by atoms with Gasteiger partial charge in [0.2, 0.25) is 5.91 Å². The summed E-state index contributed by atoms with van der Waals surface area (Å²) in [5.41, 5.74) is 5.69. The fraction of sp³-hybridized carbons (Fsp3) is 0.375. The van der Waals surface area contributed by atoms with Crippen LogP contribution in [-0.2, 0) is 4.79 Å². The Morgan fingerprint density at radius 3 is 2.91 bits per heavy atom. The summed E-state index contributed by atoms with van der Waals surface area (Å²) in [5, 5.41) is 11.9. The van der Waals surface area contributed by atoms with Crippen LogP contribution in [-0.4, -0.2) is 41.9 Å². The number of unbranched alkanes of at least 4 members (excludes halogenated alkanes) is 1. The van der Waals surface area contributed by atoms with Crippen molar-refractivity contribution in [3.63, 3.8) is 0 Å². The summed E-state index contributed by atoms with van der Waals surface area (Å²) >= 11 is 0. The van der Waals surface area contributed by atoms with Crippen LogP contribution in [0.3, 0.4) is 0 Å². The molecule has 23 heavy (non-hydrogen) atoms. The molecule has 1 rings (SSSR count). The molecule has 0 unspecified atom stereocenters. The molecular formula is C16H23N3O4. The van der Waals surface area contributed by atoms with Crippen molar-refractivity contribution in [3.8, 4) is 5.75 Å². The molecule has 0 radical (unpaired) electrons. The van der Waals surface area contributed by atoms with E-state index in [9.17, 15) is 9.59 Å². The van der Waals surface area contributed by atoms with Crippen molar-refractivity contribution in [3.05, 3.63) is 35.9 Å². The number of benzene rings is 1. The average molecular weight is 321 g/mol. The number of urea groups is 1. The largest absolute Gasteiger partial charge is 0.494 e. The molecule has 0 saturated heterocycles. The van der Waals surface area contributed by atoms with Gasteiger partial charge in [-0.05, 0) is 30.2 Å². The van der Waals surface area contributed by atoms with Gasteiger partial charge in [0.25, 0.3) is 0 Å². The predicted molar refractivity (Wildman–Crippen MR) is 87.0 cm³/mol. The Balaban J connectivity index is 2.42. The Hall–Kier alpha value is -2.54. The summed E-state index contributed by atoms with van der Waals surface area (Å²) in [7, 11) is 0. The molecule has 3 amide bonds. The number of hydroxylamine groups is 2. The SMILES string of the molecule is CCCCOc1cccc(C=CC(=O)NCCN(O)C(N)=O)c1. The predicted octanol–water partition coefficient (Wildman–Crippen LogP) is 1.76. The maximum atomic E-state index is 11.6. The van der Waals surface area contributed by atoms with Gasteiger partial charge in [0, 0.05) is 12.6 Å². The molecule has 1 aromatic carbocycles. The van der Waals surface area contributed by atoms with Gasteiger partial charge in [-0.15, -0.1) is 0 Å². The maximum Gasteiger partial charge on any atom is 0.338 e. The van der Waals surface area contributed by atoms with E-state index < -0.39 is 6.03 Å². The van der Waals surface area contributed by atoms with Crippen LogP contribution in [0, 0.1) is 0 Å². The number of carbonyl (C=O) groups excluding carboxylic acids is 2. The van der Waals surface area contributed by atoms with Crippen molar-refractivity contribution in [2.45, 2.75) is 19.8 Å². The van der Waals surface area contributed by atoms with Crippen LogP contribution in [0.4, 0.5) is 4.79 Å². The highest BCUT2D eigenvalue weighted by atomic mass is 16.5. The van der Waals surface area contributed by atoms with Gasteiger partial charge >= 0.3 is 6.03 Å². The fourth-order valence-corrected chi connectivity index (χ4v) is 1.67. The highest BCUT2D eigenvalue weighted by Crippen LogP contribution is 2.14. The lowest BCUT2D eigenvalue weighted by molar-refractivity contribution is -0.116. The molecule has 0 aliphatic heterocycles. The Bertz CT molecular complexity index is 546. The number of nitrogens with zero attached hydrogens (tertiary/aromatic N) is 1. The molecule has 0 saturated carbocycles. The van der Waals surface area contributed by atoms with Crippen LogP contribution in [0.25, 0.3) is 6.08 Å². The maximum absolute atomic E-state index is 11.6. The standard InChI is InChI=1S/C16H23N3O4/c1-2-3-11-23-14-6-4-5-13(12-14)7-8-15(20)18-9-10-19(22)16(17)21/h4-8,12,22H,2-3,9-11H2,1H3,(H2,17,21)(H,18,20). The second-order valence-corrected chi connectivity index (χ2v) is 4.86. The van der Waals surface area contributed by atoms with Crippen molar-refractivity contribution in [1.82, 2.24) is 10.4 Å². The lowest BCUT2D eigenvalue weighted by Gasteiger charge is -2.11. The molecule has 7 heteroatoms. The highest BCUT2D eigenvalue weighted by Gasteiger charge is 2.04. The quantitative estimate of drug-likeness (QED) is 0.279. The van der Waals surface area contributed by atoms with Crippen LogP contribution in [0.5, 0.6) is 5.75 Å².